The maximum absolute atomic E-state index is 13.2. The van der Waals surface area contributed by atoms with Gasteiger partial charge in [-0.1, -0.05) is 84.8 Å². The minimum Gasteiger partial charge on any atom is -0.494 e. The molecule has 0 saturated carbocycles. The number of nitrogens with zero attached hydrogens (tertiary/aromatic N) is 3. The van der Waals surface area contributed by atoms with Crippen LogP contribution in [0.4, 0.5) is 5.69 Å². The number of ether oxygens (including phenoxy) is 1. The van der Waals surface area contributed by atoms with Gasteiger partial charge in [-0.3, -0.25) is 14.5 Å². The maximum atomic E-state index is 13.2. The van der Waals surface area contributed by atoms with Crippen LogP contribution in [-0.2, 0) is 0 Å². The van der Waals surface area contributed by atoms with Crippen molar-refractivity contribution in [3.8, 4) is 5.75 Å². The van der Waals surface area contributed by atoms with Gasteiger partial charge in [-0.05, 0) is 100 Å². The summed E-state index contributed by atoms with van der Waals surface area (Å²) in [7, 11) is 0. The van der Waals surface area contributed by atoms with Crippen LogP contribution in [0.5, 0.6) is 5.75 Å². The van der Waals surface area contributed by atoms with Gasteiger partial charge in [0.25, 0.3) is 5.56 Å². The highest BCUT2D eigenvalue weighted by Crippen LogP contribution is 2.33. The van der Waals surface area contributed by atoms with E-state index < -0.39 is 0 Å². The maximum Gasteiger partial charge on any atom is 0.257 e. The van der Waals surface area contributed by atoms with E-state index in [1.807, 2.05) is 36.4 Å². The van der Waals surface area contributed by atoms with Gasteiger partial charge >= 0.3 is 0 Å². The molecule has 0 radical (unpaired) electrons. The minimum absolute atomic E-state index is 0.171. The van der Waals surface area contributed by atoms with E-state index in [-0.39, 0.29) is 11.5 Å². The second-order valence-corrected chi connectivity index (χ2v) is 13.1. The van der Waals surface area contributed by atoms with Crippen LogP contribution in [0.1, 0.15) is 75.9 Å². The second kappa shape index (κ2) is 21.5. The fourth-order valence-corrected chi connectivity index (χ4v) is 6.30. The smallest absolute Gasteiger partial charge is 0.257 e. The van der Waals surface area contributed by atoms with E-state index >= 15 is 0 Å². The van der Waals surface area contributed by atoms with E-state index in [1.54, 1.807) is 6.07 Å². The first-order valence-corrected chi connectivity index (χ1v) is 18.6. The van der Waals surface area contributed by atoms with E-state index in [0.29, 0.717) is 34.3 Å². The van der Waals surface area contributed by atoms with Crippen LogP contribution in [0, 0.1) is 0 Å². The van der Waals surface area contributed by atoms with Gasteiger partial charge in [0.15, 0.2) is 0 Å². The summed E-state index contributed by atoms with van der Waals surface area (Å²) in [6.07, 6.45) is 26.3. The Morgan fingerprint density at radius 3 is 2.22 bits per heavy atom. The van der Waals surface area contributed by atoms with Crippen LogP contribution in [0.15, 0.2) is 102 Å². The van der Waals surface area contributed by atoms with Crippen LogP contribution in [-0.4, -0.2) is 54.7 Å². The van der Waals surface area contributed by atoms with Crippen molar-refractivity contribution in [2.75, 3.05) is 44.2 Å². The monoisotopic (exact) mass is 703 g/mol. The van der Waals surface area contributed by atoms with Crippen LogP contribution < -0.4 is 15.2 Å². The molecule has 2 aromatic carbocycles. The fourth-order valence-electron chi connectivity index (χ4n) is 5.88. The highest BCUT2D eigenvalue weighted by atomic mass is 35.5. The number of anilines is 1. The van der Waals surface area contributed by atoms with Crippen LogP contribution >= 0.6 is 23.2 Å². The molecule has 1 aliphatic rings. The van der Waals surface area contributed by atoms with E-state index in [1.165, 1.54) is 10.6 Å². The SMILES string of the molecule is CC/C=C\C/C=C\C/C=C\C/C=C\CCCCC(=O)n1c(=O)ccc2ccc(OCCCCN3CCN(c4cccc(Cl)c4Cl)CC3)cc21. The number of carbonyl (C=O) groups is 1. The highest BCUT2D eigenvalue weighted by molar-refractivity contribution is 6.43. The number of halogens is 2. The molecule has 1 aliphatic heterocycles. The molecule has 8 heteroatoms. The van der Waals surface area contributed by atoms with Crippen molar-refractivity contribution in [1.82, 2.24) is 9.47 Å². The first kappa shape index (κ1) is 38.2. The van der Waals surface area contributed by atoms with E-state index in [2.05, 4.69) is 65.3 Å². The number of fused-ring (bicyclic) bond motifs is 1. The zero-order valence-electron chi connectivity index (χ0n) is 28.9. The standard InChI is InChI=1S/C41H51Cl2N3O3/c1-2-3-4-5-6-7-8-9-10-11-12-13-14-15-16-22-39(47)46-38-33-35(25-23-34(38)24-26-40(46)48)49-32-18-17-27-44-28-30-45(31-29-44)37-21-19-20-36(42)41(37)43/h3-4,6-7,9-10,12-13,19-21,23-26,33H,2,5,8,11,14-18,22,27-32H2,1H3/b4-3-,7-6-,10-9-,13-12-. The number of aromatic nitrogens is 1. The van der Waals surface area contributed by atoms with Crippen molar-refractivity contribution in [3.63, 3.8) is 0 Å². The number of rotatable bonds is 19. The molecule has 0 atom stereocenters. The Morgan fingerprint density at radius 1 is 0.796 bits per heavy atom. The average molecular weight is 705 g/mol. The Bertz CT molecular complexity index is 1650. The lowest BCUT2D eigenvalue weighted by Crippen LogP contribution is -2.46. The Balaban J connectivity index is 1.15. The van der Waals surface area contributed by atoms with Crippen LogP contribution in [0.3, 0.4) is 0 Å². The number of piperazine rings is 1. The zero-order chi connectivity index (χ0) is 34.7. The third kappa shape index (κ3) is 12.7. The van der Waals surface area contributed by atoms with Gasteiger partial charge in [-0.15, -0.1) is 0 Å². The summed E-state index contributed by atoms with van der Waals surface area (Å²) in [5.41, 5.74) is 1.31. The largest absolute Gasteiger partial charge is 0.494 e. The number of pyridine rings is 1. The van der Waals surface area contributed by atoms with Crippen molar-refractivity contribution >= 4 is 45.7 Å². The van der Waals surface area contributed by atoms with Crippen molar-refractivity contribution in [3.05, 3.63) is 118 Å². The van der Waals surface area contributed by atoms with Gasteiger partial charge in [0.2, 0.25) is 5.91 Å². The van der Waals surface area contributed by atoms with Gasteiger partial charge in [0, 0.05) is 44.7 Å². The highest BCUT2D eigenvalue weighted by Gasteiger charge is 2.19. The predicted molar refractivity (Wildman–Crippen MR) is 208 cm³/mol. The molecule has 6 nitrogen and oxygen atoms in total. The molecule has 1 aromatic heterocycles. The molecule has 1 fully saturated rings. The normalized spacial score (nSPS) is 14.4. The van der Waals surface area contributed by atoms with Gasteiger partial charge in [0.1, 0.15) is 5.75 Å². The molecule has 262 valence electrons. The molecule has 0 spiro atoms. The lowest BCUT2D eigenvalue weighted by Gasteiger charge is -2.36. The lowest BCUT2D eigenvalue weighted by atomic mass is 10.1. The van der Waals surface area contributed by atoms with Gasteiger partial charge in [-0.25, -0.2) is 4.57 Å². The molecule has 0 amide bonds. The molecule has 0 N–H and O–H groups in total. The molecular formula is C41H51Cl2N3O3. The molecule has 3 aromatic rings. The molecule has 0 unspecified atom stereocenters. The average Bonchev–Trinajstić information content (AvgIpc) is 3.11. The molecule has 0 aliphatic carbocycles. The third-order valence-corrected chi connectivity index (χ3v) is 9.44. The summed E-state index contributed by atoms with van der Waals surface area (Å²) in [5, 5.41) is 2.06. The molecule has 2 heterocycles. The summed E-state index contributed by atoms with van der Waals surface area (Å²) in [4.78, 5) is 30.7. The Hall–Kier alpha value is -3.58. The van der Waals surface area contributed by atoms with Gasteiger partial charge in [-0.2, -0.15) is 0 Å². The van der Waals surface area contributed by atoms with E-state index in [4.69, 9.17) is 27.9 Å². The topological polar surface area (TPSA) is 54.8 Å². The molecule has 0 bridgehead atoms. The van der Waals surface area contributed by atoms with Gasteiger partial charge < -0.3 is 9.64 Å². The van der Waals surface area contributed by atoms with Crippen molar-refractivity contribution in [1.29, 1.82) is 0 Å². The Morgan fingerprint density at radius 2 is 1.49 bits per heavy atom. The Kier molecular flexibility index (Phi) is 16.8. The second-order valence-electron chi connectivity index (χ2n) is 12.3. The first-order valence-electron chi connectivity index (χ1n) is 17.8. The number of allylic oxidation sites excluding steroid dienone is 8. The Labute approximate surface area is 302 Å². The fraction of sp³-hybridized carbons (Fsp3) is 0.415. The molecule has 49 heavy (non-hydrogen) atoms. The summed E-state index contributed by atoms with van der Waals surface area (Å²) < 4.78 is 7.38. The van der Waals surface area contributed by atoms with E-state index in [9.17, 15) is 9.59 Å². The quantitative estimate of drug-likeness (QED) is 0.0919. The zero-order valence-corrected chi connectivity index (χ0v) is 30.4. The first-order chi connectivity index (χ1) is 24.0. The summed E-state index contributed by atoms with van der Waals surface area (Å²) in [6.45, 7) is 7.51. The number of benzene rings is 2. The summed E-state index contributed by atoms with van der Waals surface area (Å²) >= 11 is 12.6. The molecular weight excluding hydrogens is 653 g/mol. The van der Waals surface area contributed by atoms with Crippen molar-refractivity contribution in [2.24, 2.45) is 0 Å². The van der Waals surface area contributed by atoms with Crippen molar-refractivity contribution < 1.29 is 9.53 Å². The molecule has 4 rings (SSSR count). The lowest BCUT2D eigenvalue weighted by molar-refractivity contribution is 0.0900. The number of unbranched alkanes of at least 4 members (excludes halogenated alkanes) is 3. The van der Waals surface area contributed by atoms with Crippen LogP contribution in [0.2, 0.25) is 10.0 Å². The van der Waals surface area contributed by atoms with Crippen molar-refractivity contribution in [2.45, 2.75) is 71.1 Å². The summed E-state index contributed by atoms with van der Waals surface area (Å²) in [6, 6.07) is 14.7. The minimum atomic E-state index is -0.300. The predicted octanol–water partition coefficient (Wildman–Crippen LogP) is 10.3. The molecule has 1 saturated heterocycles. The summed E-state index contributed by atoms with van der Waals surface area (Å²) in [5.74, 6) is 0.502. The van der Waals surface area contributed by atoms with E-state index in [0.717, 1.165) is 102 Å². The third-order valence-electron chi connectivity index (χ3n) is 8.63. The van der Waals surface area contributed by atoms with Crippen LogP contribution in [0.25, 0.3) is 10.9 Å². The number of hydrogen-bond acceptors (Lipinski definition) is 5. The van der Waals surface area contributed by atoms with Gasteiger partial charge in [0.05, 0.1) is 27.9 Å². The number of hydrogen-bond donors (Lipinski definition) is 0. The number of carbonyl (C=O) groups excluding carboxylic acids is 1.